The van der Waals surface area contributed by atoms with Crippen molar-refractivity contribution in [3.63, 3.8) is 0 Å². The SMILES string of the molecule is Cn1c(=O)n(C2CCCNC2)c2ccc(CCCOC3CCNCC3)cc21. The molecule has 0 aliphatic carbocycles. The molecule has 0 radical (unpaired) electrons. The second-order valence-electron chi connectivity index (χ2n) is 7.96. The molecule has 6 nitrogen and oxygen atoms in total. The van der Waals surface area contributed by atoms with E-state index in [1.807, 2.05) is 11.6 Å². The summed E-state index contributed by atoms with van der Waals surface area (Å²) in [6.45, 7) is 4.90. The Bertz CT molecular complexity index is 813. The number of piperidine rings is 2. The molecular formula is C21H32N4O2. The third kappa shape index (κ3) is 4.13. The van der Waals surface area contributed by atoms with Crippen molar-refractivity contribution in [1.82, 2.24) is 19.8 Å². The van der Waals surface area contributed by atoms with Crippen LogP contribution in [0.15, 0.2) is 23.0 Å². The van der Waals surface area contributed by atoms with E-state index in [1.54, 1.807) is 4.57 Å². The third-order valence-electron chi connectivity index (χ3n) is 6.04. The Labute approximate surface area is 160 Å². The van der Waals surface area contributed by atoms with Gasteiger partial charge < -0.3 is 15.4 Å². The highest BCUT2D eigenvalue weighted by atomic mass is 16.5. The van der Waals surface area contributed by atoms with Gasteiger partial charge in [-0.15, -0.1) is 0 Å². The van der Waals surface area contributed by atoms with Gasteiger partial charge in [-0.05, 0) is 75.9 Å². The molecule has 4 rings (SSSR count). The number of rotatable bonds is 6. The van der Waals surface area contributed by atoms with Crippen LogP contribution in [0.1, 0.15) is 43.7 Å². The molecule has 2 N–H and O–H groups in total. The summed E-state index contributed by atoms with van der Waals surface area (Å²) in [6.07, 6.45) is 6.88. The smallest absolute Gasteiger partial charge is 0.329 e. The summed E-state index contributed by atoms with van der Waals surface area (Å²) in [5.41, 5.74) is 3.49. The summed E-state index contributed by atoms with van der Waals surface area (Å²) in [6, 6.07) is 6.76. The van der Waals surface area contributed by atoms with Crippen LogP contribution in [-0.2, 0) is 18.2 Å². The van der Waals surface area contributed by atoms with E-state index in [1.165, 1.54) is 5.56 Å². The van der Waals surface area contributed by atoms with Crippen molar-refractivity contribution in [3.8, 4) is 0 Å². The Morgan fingerprint density at radius 1 is 1.11 bits per heavy atom. The van der Waals surface area contributed by atoms with Gasteiger partial charge in [0.1, 0.15) is 0 Å². The predicted molar refractivity (Wildman–Crippen MR) is 108 cm³/mol. The lowest BCUT2D eigenvalue weighted by atomic mass is 10.1. The number of nitrogens with one attached hydrogen (secondary N) is 2. The van der Waals surface area contributed by atoms with Gasteiger partial charge in [0.2, 0.25) is 0 Å². The van der Waals surface area contributed by atoms with Gasteiger partial charge in [0.05, 0.1) is 23.2 Å². The summed E-state index contributed by atoms with van der Waals surface area (Å²) < 4.78 is 9.81. The van der Waals surface area contributed by atoms with Crippen LogP contribution in [0.5, 0.6) is 0 Å². The lowest BCUT2D eigenvalue weighted by molar-refractivity contribution is 0.0318. The number of hydrogen-bond acceptors (Lipinski definition) is 4. The van der Waals surface area contributed by atoms with Gasteiger partial charge in [-0.3, -0.25) is 9.13 Å². The Morgan fingerprint density at radius 2 is 1.96 bits per heavy atom. The minimum absolute atomic E-state index is 0.102. The van der Waals surface area contributed by atoms with Crippen molar-refractivity contribution < 1.29 is 4.74 Å². The maximum Gasteiger partial charge on any atom is 0.329 e. The summed E-state index contributed by atoms with van der Waals surface area (Å²) in [4.78, 5) is 12.8. The Balaban J connectivity index is 1.42. The van der Waals surface area contributed by atoms with Crippen LogP contribution in [0.25, 0.3) is 11.0 Å². The molecule has 2 aromatic rings. The zero-order chi connectivity index (χ0) is 18.6. The first-order valence-corrected chi connectivity index (χ1v) is 10.5. The molecule has 1 atom stereocenters. The van der Waals surface area contributed by atoms with Gasteiger partial charge in [-0.25, -0.2) is 4.79 Å². The fourth-order valence-electron chi connectivity index (χ4n) is 4.46. The number of nitrogens with zero attached hydrogens (tertiary/aromatic N) is 2. The molecule has 2 fully saturated rings. The van der Waals surface area contributed by atoms with Gasteiger partial charge in [-0.2, -0.15) is 0 Å². The summed E-state index contributed by atoms with van der Waals surface area (Å²) in [7, 11) is 1.89. The van der Waals surface area contributed by atoms with Crippen molar-refractivity contribution in [2.45, 2.75) is 50.7 Å². The van der Waals surface area contributed by atoms with Gasteiger partial charge >= 0.3 is 5.69 Å². The van der Waals surface area contributed by atoms with E-state index in [4.69, 9.17) is 4.74 Å². The van der Waals surface area contributed by atoms with Crippen LogP contribution < -0.4 is 16.3 Å². The van der Waals surface area contributed by atoms with Crippen molar-refractivity contribution in [1.29, 1.82) is 0 Å². The third-order valence-corrected chi connectivity index (χ3v) is 6.04. The normalized spacial score (nSPS) is 21.7. The Morgan fingerprint density at radius 3 is 2.74 bits per heavy atom. The molecule has 2 saturated heterocycles. The number of fused-ring (bicyclic) bond motifs is 1. The maximum absolute atomic E-state index is 12.8. The van der Waals surface area contributed by atoms with E-state index in [-0.39, 0.29) is 11.7 Å². The highest BCUT2D eigenvalue weighted by Crippen LogP contribution is 2.23. The van der Waals surface area contributed by atoms with Crippen molar-refractivity contribution in [2.75, 3.05) is 32.8 Å². The Kier molecular flexibility index (Phi) is 5.95. The van der Waals surface area contributed by atoms with Crippen LogP contribution in [0, 0.1) is 0 Å². The standard InChI is InChI=1S/C21H32N4O2/c1-24-20-14-16(4-3-13-27-18-8-11-22-12-9-18)6-7-19(20)25(21(24)26)17-5-2-10-23-15-17/h6-7,14,17-18,22-23H,2-5,8-13,15H2,1H3. The first-order chi connectivity index (χ1) is 13.2. The number of benzene rings is 1. The van der Waals surface area contributed by atoms with Crippen LogP contribution >= 0.6 is 0 Å². The highest BCUT2D eigenvalue weighted by molar-refractivity contribution is 5.77. The number of ether oxygens (including phenoxy) is 1. The fraction of sp³-hybridized carbons (Fsp3) is 0.667. The molecule has 2 aliphatic rings. The molecular weight excluding hydrogens is 340 g/mol. The number of hydrogen-bond donors (Lipinski definition) is 2. The van der Waals surface area contributed by atoms with E-state index in [9.17, 15) is 4.79 Å². The van der Waals surface area contributed by atoms with E-state index >= 15 is 0 Å². The number of aromatic nitrogens is 2. The molecule has 1 unspecified atom stereocenters. The summed E-state index contributed by atoms with van der Waals surface area (Å²) in [5, 5.41) is 6.79. The Hall–Kier alpha value is -1.63. The van der Waals surface area contributed by atoms with Gasteiger partial charge in [0.15, 0.2) is 0 Å². The first-order valence-electron chi connectivity index (χ1n) is 10.5. The minimum Gasteiger partial charge on any atom is -0.378 e. The quantitative estimate of drug-likeness (QED) is 0.761. The van der Waals surface area contributed by atoms with Crippen LogP contribution in [0.3, 0.4) is 0 Å². The van der Waals surface area contributed by atoms with E-state index in [0.717, 1.165) is 82.3 Å². The molecule has 0 bridgehead atoms. The second-order valence-corrected chi connectivity index (χ2v) is 7.96. The lowest BCUT2D eigenvalue weighted by Gasteiger charge is -2.24. The predicted octanol–water partition coefficient (Wildman–Crippen LogP) is 1.97. The molecule has 3 heterocycles. The molecule has 0 amide bonds. The van der Waals surface area contributed by atoms with Crippen molar-refractivity contribution in [2.24, 2.45) is 7.05 Å². The van der Waals surface area contributed by atoms with E-state index in [0.29, 0.717) is 6.10 Å². The van der Waals surface area contributed by atoms with E-state index < -0.39 is 0 Å². The zero-order valence-electron chi connectivity index (χ0n) is 16.4. The largest absolute Gasteiger partial charge is 0.378 e. The molecule has 6 heteroatoms. The molecule has 0 spiro atoms. The minimum atomic E-state index is 0.102. The highest BCUT2D eigenvalue weighted by Gasteiger charge is 2.21. The fourth-order valence-corrected chi connectivity index (χ4v) is 4.46. The molecule has 2 aliphatic heterocycles. The second kappa shape index (κ2) is 8.59. The number of imidazole rings is 1. The average Bonchev–Trinajstić information content (AvgIpc) is 2.97. The van der Waals surface area contributed by atoms with Crippen LogP contribution in [0.2, 0.25) is 0 Å². The maximum atomic E-state index is 12.8. The first kappa shape index (κ1) is 18.7. The summed E-state index contributed by atoms with van der Waals surface area (Å²) in [5.74, 6) is 0. The summed E-state index contributed by atoms with van der Waals surface area (Å²) >= 11 is 0. The van der Waals surface area contributed by atoms with Gasteiger partial charge in [0, 0.05) is 20.2 Å². The van der Waals surface area contributed by atoms with Crippen molar-refractivity contribution in [3.05, 3.63) is 34.2 Å². The van der Waals surface area contributed by atoms with Gasteiger partial charge in [-0.1, -0.05) is 6.07 Å². The van der Waals surface area contributed by atoms with Crippen LogP contribution in [-0.4, -0.2) is 48.0 Å². The average molecular weight is 373 g/mol. The van der Waals surface area contributed by atoms with Crippen LogP contribution in [0.4, 0.5) is 0 Å². The topological polar surface area (TPSA) is 60.2 Å². The molecule has 1 aromatic carbocycles. The number of aryl methyl sites for hydroxylation is 2. The monoisotopic (exact) mass is 372 g/mol. The lowest BCUT2D eigenvalue weighted by Crippen LogP contribution is -2.36. The van der Waals surface area contributed by atoms with Crippen molar-refractivity contribution >= 4 is 11.0 Å². The molecule has 0 saturated carbocycles. The van der Waals surface area contributed by atoms with Gasteiger partial charge in [0.25, 0.3) is 0 Å². The molecule has 1 aromatic heterocycles. The molecule has 148 valence electrons. The molecule has 27 heavy (non-hydrogen) atoms. The van der Waals surface area contributed by atoms with E-state index in [2.05, 4.69) is 28.8 Å². The zero-order valence-corrected chi connectivity index (χ0v) is 16.4.